The smallest absolute Gasteiger partial charge is 0.264 e. The van der Waals surface area contributed by atoms with Crippen molar-refractivity contribution >= 4 is 27.5 Å². The quantitative estimate of drug-likeness (QED) is 0.301. The van der Waals surface area contributed by atoms with Crippen LogP contribution in [-0.2, 0) is 26.2 Å². The molecule has 41 heavy (non-hydrogen) atoms. The standard InChI is InChI=1S/C30H36FN3O6S/c1-5-18-32-30(36)22(3)33(20-23-8-7-9-27(19-23)39-4)29(35)21-34(25-12-14-26(15-13-25)40-6-2)41(37,38)28-16-10-24(31)11-17-28/h7-17,19,22H,5-6,18,20-21H2,1-4H3,(H,32,36). The van der Waals surface area contributed by atoms with Gasteiger partial charge in [0.05, 0.1) is 24.3 Å². The molecular formula is C30H36FN3O6S. The van der Waals surface area contributed by atoms with E-state index in [4.69, 9.17) is 9.47 Å². The number of hydrogen-bond acceptors (Lipinski definition) is 6. The van der Waals surface area contributed by atoms with Gasteiger partial charge in [-0.15, -0.1) is 0 Å². The molecule has 0 saturated heterocycles. The summed E-state index contributed by atoms with van der Waals surface area (Å²) in [4.78, 5) is 28.0. The molecule has 11 heteroatoms. The van der Waals surface area contributed by atoms with Gasteiger partial charge in [-0.1, -0.05) is 19.1 Å². The van der Waals surface area contributed by atoms with E-state index < -0.39 is 34.3 Å². The van der Waals surface area contributed by atoms with E-state index in [9.17, 15) is 22.4 Å². The Bertz CT molecular complexity index is 1410. The molecule has 2 amide bonds. The van der Waals surface area contributed by atoms with Crippen LogP contribution in [0.15, 0.2) is 77.7 Å². The third-order valence-corrected chi connectivity index (χ3v) is 8.11. The molecule has 3 aromatic rings. The first kappa shape index (κ1) is 31.4. The summed E-state index contributed by atoms with van der Waals surface area (Å²) in [5, 5.41) is 2.80. The molecule has 0 bridgehead atoms. The van der Waals surface area contributed by atoms with Gasteiger partial charge < -0.3 is 19.7 Å². The van der Waals surface area contributed by atoms with Crippen LogP contribution in [0, 0.1) is 5.82 Å². The first-order valence-corrected chi connectivity index (χ1v) is 14.8. The maximum atomic E-state index is 13.9. The molecule has 1 unspecified atom stereocenters. The van der Waals surface area contributed by atoms with Crippen molar-refractivity contribution in [3.8, 4) is 11.5 Å². The van der Waals surface area contributed by atoms with Crippen LogP contribution < -0.4 is 19.1 Å². The second-order valence-corrected chi connectivity index (χ2v) is 11.1. The fraction of sp³-hybridized carbons (Fsp3) is 0.333. The van der Waals surface area contributed by atoms with Crippen LogP contribution in [0.3, 0.4) is 0 Å². The SMILES string of the molecule is CCCNC(=O)C(C)N(Cc1cccc(OC)c1)C(=O)CN(c1ccc(OCC)cc1)S(=O)(=O)c1ccc(F)cc1. The molecular weight excluding hydrogens is 549 g/mol. The maximum Gasteiger partial charge on any atom is 0.264 e. The summed E-state index contributed by atoms with van der Waals surface area (Å²) in [5.41, 5.74) is 0.900. The molecule has 1 N–H and O–H groups in total. The molecule has 0 saturated carbocycles. The Morgan fingerprint density at radius 2 is 1.66 bits per heavy atom. The number of halogens is 1. The molecule has 0 radical (unpaired) electrons. The summed E-state index contributed by atoms with van der Waals surface area (Å²) in [5.74, 6) is -0.455. The Morgan fingerprint density at radius 3 is 2.27 bits per heavy atom. The van der Waals surface area contributed by atoms with Gasteiger partial charge in [-0.2, -0.15) is 0 Å². The van der Waals surface area contributed by atoms with Crippen molar-refractivity contribution in [2.45, 2.75) is 44.7 Å². The van der Waals surface area contributed by atoms with Crippen molar-refractivity contribution in [3.63, 3.8) is 0 Å². The van der Waals surface area contributed by atoms with Crippen molar-refractivity contribution in [2.75, 3.05) is 31.1 Å². The van der Waals surface area contributed by atoms with Crippen LogP contribution in [0.5, 0.6) is 11.5 Å². The molecule has 3 aromatic carbocycles. The Morgan fingerprint density at radius 1 is 0.976 bits per heavy atom. The van der Waals surface area contributed by atoms with Crippen LogP contribution in [0.25, 0.3) is 0 Å². The Labute approximate surface area is 240 Å². The van der Waals surface area contributed by atoms with E-state index in [2.05, 4.69) is 5.32 Å². The van der Waals surface area contributed by atoms with E-state index in [0.717, 1.165) is 28.6 Å². The lowest BCUT2D eigenvalue weighted by atomic mass is 10.1. The third kappa shape index (κ3) is 8.20. The van der Waals surface area contributed by atoms with Crippen molar-refractivity contribution in [3.05, 3.63) is 84.2 Å². The fourth-order valence-electron chi connectivity index (χ4n) is 4.08. The summed E-state index contributed by atoms with van der Waals surface area (Å²) in [6, 6.07) is 16.8. The number of nitrogens with one attached hydrogen (secondary N) is 1. The lowest BCUT2D eigenvalue weighted by Crippen LogP contribution is -2.51. The highest BCUT2D eigenvalue weighted by Crippen LogP contribution is 2.27. The molecule has 0 heterocycles. The monoisotopic (exact) mass is 585 g/mol. The van der Waals surface area contributed by atoms with E-state index in [-0.39, 0.29) is 23.0 Å². The van der Waals surface area contributed by atoms with E-state index in [1.807, 2.05) is 13.8 Å². The van der Waals surface area contributed by atoms with Gasteiger partial charge in [0.1, 0.15) is 29.9 Å². The normalized spacial score (nSPS) is 11.8. The minimum Gasteiger partial charge on any atom is -0.497 e. The summed E-state index contributed by atoms with van der Waals surface area (Å²) < 4.78 is 53.0. The molecule has 1 atom stereocenters. The second kappa shape index (κ2) is 14.5. The molecule has 0 fully saturated rings. The number of carbonyl (C=O) groups excluding carboxylic acids is 2. The van der Waals surface area contributed by atoms with Crippen LogP contribution >= 0.6 is 0 Å². The number of carbonyl (C=O) groups is 2. The zero-order valence-corrected chi connectivity index (χ0v) is 24.5. The Hall–Kier alpha value is -4.12. The number of methoxy groups -OCH3 is 1. The van der Waals surface area contributed by atoms with E-state index in [0.29, 0.717) is 36.6 Å². The highest BCUT2D eigenvalue weighted by Gasteiger charge is 2.32. The van der Waals surface area contributed by atoms with E-state index in [1.54, 1.807) is 43.3 Å². The Kier molecular flexibility index (Phi) is 11.1. The molecule has 0 aromatic heterocycles. The van der Waals surface area contributed by atoms with Crippen molar-refractivity contribution < 1.29 is 31.9 Å². The summed E-state index contributed by atoms with van der Waals surface area (Å²) in [6.45, 7) is 5.62. The van der Waals surface area contributed by atoms with Crippen LogP contribution in [0.4, 0.5) is 10.1 Å². The molecule has 3 rings (SSSR count). The topological polar surface area (TPSA) is 105 Å². The molecule has 220 valence electrons. The Balaban J connectivity index is 2.03. The van der Waals surface area contributed by atoms with Gasteiger partial charge >= 0.3 is 0 Å². The van der Waals surface area contributed by atoms with Gasteiger partial charge in [0, 0.05) is 13.1 Å². The second-order valence-electron chi connectivity index (χ2n) is 9.23. The highest BCUT2D eigenvalue weighted by molar-refractivity contribution is 7.92. The zero-order valence-electron chi connectivity index (χ0n) is 23.7. The largest absolute Gasteiger partial charge is 0.497 e. The van der Waals surface area contributed by atoms with Gasteiger partial charge in [-0.3, -0.25) is 13.9 Å². The van der Waals surface area contributed by atoms with Crippen LogP contribution in [0.1, 0.15) is 32.8 Å². The summed E-state index contributed by atoms with van der Waals surface area (Å²) >= 11 is 0. The molecule has 0 aliphatic rings. The minimum absolute atomic E-state index is 0.0322. The van der Waals surface area contributed by atoms with Crippen molar-refractivity contribution in [1.29, 1.82) is 0 Å². The average molecular weight is 586 g/mol. The van der Waals surface area contributed by atoms with Crippen LogP contribution in [0.2, 0.25) is 0 Å². The number of rotatable bonds is 14. The van der Waals surface area contributed by atoms with Crippen molar-refractivity contribution in [1.82, 2.24) is 10.2 Å². The summed E-state index contributed by atoms with van der Waals surface area (Å²) in [7, 11) is -2.78. The van der Waals surface area contributed by atoms with Gasteiger partial charge in [0.25, 0.3) is 10.0 Å². The van der Waals surface area contributed by atoms with Gasteiger partial charge in [0.15, 0.2) is 0 Å². The lowest BCUT2D eigenvalue weighted by Gasteiger charge is -2.32. The van der Waals surface area contributed by atoms with E-state index >= 15 is 0 Å². The molecule has 0 aliphatic heterocycles. The summed E-state index contributed by atoms with van der Waals surface area (Å²) in [6.07, 6.45) is 0.712. The third-order valence-electron chi connectivity index (χ3n) is 6.32. The van der Waals surface area contributed by atoms with Gasteiger partial charge in [-0.05, 0) is 86.5 Å². The fourth-order valence-corrected chi connectivity index (χ4v) is 5.50. The first-order valence-electron chi connectivity index (χ1n) is 13.3. The number of hydrogen-bond donors (Lipinski definition) is 1. The predicted molar refractivity (Wildman–Crippen MR) is 155 cm³/mol. The van der Waals surface area contributed by atoms with Gasteiger partial charge in [0.2, 0.25) is 11.8 Å². The number of sulfonamides is 1. The van der Waals surface area contributed by atoms with Crippen molar-refractivity contribution in [2.24, 2.45) is 0 Å². The zero-order chi connectivity index (χ0) is 30.0. The number of amides is 2. The number of benzene rings is 3. The number of nitrogens with zero attached hydrogens (tertiary/aromatic N) is 2. The maximum absolute atomic E-state index is 13.9. The minimum atomic E-state index is -4.31. The predicted octanol–water partition coefficient (Wildman–Crippen LogP) is 4.37. The molecule has 0 spiro atoms. The highest BCUT2D eigenvalue weighted by atomic mass is 32.2. The van der Waals surface area contributed by atoms with Gasteiger partial charge in [-0.25, -0.2) is 12.8 Å². The first-order chi connectivity index (χ1) is 19.6. The molecule has 0 aliphatic carbocycles. The average Bonchev–Trinajstić information content (AvgIpc) is 2.97. The molecule has 9 nitrogen and oxygen atoms in total. The van der Waals surface area contributed by atoms with Crippen LogP contribution in [-0.4, -0.2) is 58.0 Å². The number of ether oxygens (including phenoxy) is 2. The van der Waals surface area contributed by atoms with E-state index in [1.165, 1.54) is 24.1 Å². The number of anilines is 1. The lowest BCUT2D eigenvalue weighted by molar-refractivity contribution is -0.139.